The molecule has 1 fully saturated rings. The Labute approximate surface area is 144 Å². The van der Waals surface area contributed by atoms with Gasteiger partial charge in [0.1, 0.15) is 11.9 Å². The maximum Gasteiger partial charge on any atom is 0.243 e. The summed E-state index contributed by atoms with van der Waals surface area (Å²) in [6.07, 6.45) is 4.89. The van der Waals surface area contributed by atoms with Crippen LogP contribution < -0.4 is 5.32 Å². The number of aryl methyl sites for hydroxylation is 2. The third-order valence-electron chi connectivity index (χ3n) is 4.72. The minimum Gasteiger partial charge on any atom is -0.357 e. The van der Waals surface area contributed by atoms with E-state index in [4.69, 9.17) is 0 Å². The molecule has 0 bridgehead atoms. The van der Waals surface area contributed by atoms with Gasteiger partial charge in [-0.05, 0) is 27.2 Å². The van der Waals surface area contributed by atoms with E-state index >= 15 is 0 Å². The maximum absolute atomic E-state index is 12.6. The quantitative estimate of drug-likeness (QED) is 0.828. The second-order valence-corrected chi connectivity index (χ2v) is 6.58. The summed E-state index contributed by atoms with van der Waals surface area (Å²) in [5.41, 5.74) is 0. The van der Waals surface area contributed by atoms with Crippen LogP contribution in [0.15, 0.2) is 12.4 Å². The first kappa shape index (κ1) is 18.4. The number of imidazole rings is 1. The van der Waals surface area contributed by atoms with E-state index in [0.29, 0.717) is 25.6 Å². The van der Waals surface area contributed by atoms with Crippen molar-refractivity contribution < 1.29 is 9.59 Å². The highest BCUT2D eigenvalue weighted by molar-refractivity contribution is 5.88. The highest BCUT2D eigenvalue weighted by atomic mass is 16.2. The zero-order valence-electron chi connectivity index (χ0n) is 15.2. The first-order chi connectivity index (χ1) is 11.4. The Morgan fingerprint density at radius 1 is 1.38 bits per heavy atom. The minimum absolute atomic E-state index is 0.0600. The van der Waals surface area contributed by atoms with Crippen molar-refractivity contribution in [1.82, 2.24) is 24.7 Å². The monoisotopic (exact) mass is 335 g/mol. The summed E-state index contributed by atoms with van der Waals surface area (Å²) in [4.78, 5) is 33.0. The van der Waals surface area contributed by atoms with E-state index < -0.39 is 6.04 Å². The van der Waals surface area contributed by atoms with Gasteiger partial charge in [0.2, 0.25) is 11.8 Å². The van der Waals surface area contributed by atoms with Gasteiger partial charge in [0.25, 0.3) is 0 Å². The average molecular weight is 335 g/mol. The van der Waals surface area contributed by atoms with Gasteiger partial charge < -0.3 is 14.8 Å². The van der Waals surface area contributed by atoms with Crippen molar-refractivity contribution in [3.63, 3.8) is 0 Å². The van der Waals surface area contributed by atoms with E-state index in [2.05, 4.69) is 29.0 Å². The number of nitrogens with zero attached hydrogens (tertiary/aromatic N) is 4. The fourth-order valence-corrected chi connectivity index (χ4v) is 3.15. The lowest BCUT2D eigenvalue weighted by Crippen LogP contribution is -2.61. The molecule has 0 aromatic carbocycles. The molecule has 1 unspecified atom stereocenters. The summed E-state index contributed by atoms with van der Waals surface area (Å²) in [6.45, 7) is 8.99. The molecule has 1 N–H and O–H groups in total. The van der Waals surface area contributed by atoms with Crippen LogP contribution in [0.1, 0.15) is 32.5 Å². The second-order valence-electron chi connectivity index (χ2n) is 6.58. The topological polar surface area (TPSA) is 70.5 Å². The largest absolute Gasteiger partial charge is 0.357 e. The van der Waals surface area contributed by atoms with Crippen LogP contribution in [-0.4, -0.2) is 69.9 Å². The number of piperazine rings is 1. The fraction of sp³-hybridized carbons (Fsp3) is 0.706. The zero-order valence-corrected chi connectivity index (χ0v) is 15.2. The molecule has 0 radical (unpaired) electrons. The van der Waals surface area contributed by atoms with E-state index in [1.54, 1.807) is 18.1 Å². The Morgan fingerprint density at radius 2 is 2.12 bits per heavy atom. The Hall–Kier alpha value is -1.89. The summed E-state index contributed by atoms with van der Waals surface area (Å²) < 4.78 is 2.04. The van der Waals surface area contributed by atoms with Crippen molar-refractivity contribution >= 4 is 11.8 Å². The molecule has 1 saturated heterocycles. The van der Waals surface area contributed by atoms with Crippen LogP contribution in [0.4, 0.5) is 0 Å². The zero-order chi connectivity index (χ0) is 17.7. The average Bonchev–Trinajstić information content (AvgIpc) is 2.98. The third kappa shape index (κ3) is 4.35. The molecule has 1 aliphatic rings. The molecule has 2 heterocycles. The molecule has 2 rings (SSSR count). The smallest absolute Gasteiger partial charge is 0.243 e. The molecule has 0 saturated carbocycles. The van der Waals surface area contributed by atoms with Gasteiger partial charge in [-0.1, -0.05) is 0 Å². The van der Waals surface area contributed by atoms with Crippen molar-refractivity contribution in [2.75, 3.05) is 26.7 Å². The van der Waals surface area contributed by atoms with Gasteiger partial charge in [0, 0.05) is 58.1 Å². The molecule has 0 spiro atoms. The number of amides is 2. The van der Waals surface area contributed by atoms with Crippen molar-refractivity contribution in [3.05, 3.63) is 18.2 Å². The summed E-state index contributed by atoms with van der Waals surface area (Å²) in [6, 6.07) is -0.0211. The lowest BCUT2D eigenvalue weighted by Gasteiger charge is -2.42. The molecule has 7 nitrogen and oxygen atoms in total. The molecule has 2 amide bonds. The molecular weight excluding hydrogens is 306 g/mol. The summed E-state index contributed by atoms with van der Waals surface area (Å²) in [5.74, 6) is 0.931. The van der Waals surface area contributed by atoms with Crippen molar-refractivity contribution in [3.8, 4) is 0 Å². The van der Waals surface area contributed by atoms with Crippen molar-refractivity contribution in [2.45, 2.75) is 52.2 Å². The van der Waals surface area contributed by atoms with Gasteiger partial charge in [-0.15, -0.1) is 0 Å². The van der Waals surface area contributed by atoms with E-state index in [1.165, 1.54) is 0 Å². The van der Waals surface area contributed by atoms with E-state index in [1.807, 2.05) is 17.7 Å². The van der Waals surface area contributed by atoms with Crippen molar-refractivity contribution in [2.24, 2.45) is 0 Å². The van der Waals surface area contributed by atoms with Crippen molar-refractivity contribution in [1.29, 1.82) is 0 Å². The predicted molar refractivity (Wildman–Crippen MR) is 92.5 cm³/mol. The lowest BCUT2D eigenvalue weighted by atomic mass is 10.1. The van der Waals surface area contributed by atoms with Gasteiger partial charge in [-0.2, -0.15) is 0 Å². The number of carbonyl (C=O) groups is 2. The van der Waals surface area contributed by atoms with Crippen LogP contribution >= 0.6 is 0 Å². The summed E-state index contributed by atoms with van der Waals surface area (Å²) >= 11 is 0. The standard InChI is InChI=1S/C17H29N5O2/c1-13(2)21-10-11-22(15(12-21)17(24)18-4)16(23)6-5-8-20-9-7-19-14(20)3/h7,9,13,15H,5-6,8,10-12H2,1-4H3,(H,18,24). The van der Waals surface area contributed by atoms with Crippen LogP contribution in [0.2, 0.25) is 0 Å². The first-order valence-electron chi connectivity index (χ1n) is 8.67. The number of likely N-dealkylation sites (N-methyl/N-ethyl adjacent to an activating group) is 1. The summed E-state index contributed by atoms with van der Waals surface area (Å²) in [5, 5.41) is 2.69. The van der Waals surface area contributed by atoms with Gasteiger partial charge in [0.15, 0.2) is 0 Å². The van der Waals surface area contributed by atoms with E-state index in [-0.39, 0.29) is 11.8 Å². The molecule has 7 heteroatoms. The Kier molecular flexibility index (Phi) is 6.36. The van der Waals surface area contributed by atoms with Gasteiger partial charge in [-0.3, -0.25) is 14.5 Å². The molecule has 0 aliphatic carbocycles. The molecule has 24 heavy (non-hydrogen) atoms. The second kappa shape index (κ2) is 8.28. The van der Waals surface area contributed by atoms with Crippen LogP contribution in [0.5, 0.6) is 0 Å². The fourth-order valence-electron chi connectivity index (χ4n) is 3.15. The van der Waals surface area contributed by atoms with Gasteiger partial charge in [-0.25, -0.2) is 4.98 Å². The van der Waals surface area contributed by atoms with Gasteiger partial charge >= 0.3 is 0 Å². The number of carbonyl (C=O) groups excluding carboxylic acids is 2. The van der Waals surface area contributed by atoms with Crippen LogP contribution in [-0.2, 0) is 16.1 Å². The SMILES string of the molecule is CNC(=O)C1CN(C(C)C)CCN1C(=O)CCCn1ccnc1C. The Bertz CT molecular complexity index is 569. The molecule has 1 aromatic heterocycles. The number of rotatable bonds is 6. The third-order valence-corrected chi connectivity index (χ3v) is 4.72. The van der Waals surface area contributed by atoms with E-state index in [9.17, 15) is 9.59 Å². The Morgan fingerprint density at radius 3 is 2.71 bits per heavy atom. The predicted octanol–water partition coefficient (Wildman–Crippen LogP) is 0.639. The van der Waals surface area contributed by atoms with Crippen LogP contribution in [0.3, 0.4) is 0 Å². The number of nitrogens with one attached hydrogen (secondary N) is 1. The molecular formula is C17H29N5O2. The van der Waals surface area contributed by atoms with E-state index in [0.717, 1.165) is 25.3 Å². The first-order valence-corrected chi connectivity index (χ1v) is 8.67. The minimum atomic E-state index is -0.395. The van der Waals surface area contributed by atoms with Gasteiger partial charge in [0.05, 0.1) is 0 Å². The van der Waals surface area contributed by atoms with Crippen LogP contribution in [0, 0.1) is 6.92 Å². The highest BCUT2D eigenvalue weighted by Gasteiger charge is 2.35. The normalized spacial score (nSPS) is 18.9. The summed E-state index contributed by atoms with van der Waals surface area (Å²) in [7, 11) is 1.63. The molecule has 134 valence electrons. The number of aromatic nitrogens is 2. The molecule has 1 aliphatic heterocycles. The van der Waals surface area contributed by atoms with Crippen LogP contribution in [0.25, 0.3) is 0 Å². The molecule has 1 aromatic rings. The lowest BCUT2D eigenvalue weighted by molar-refractivity contribution is -0.144. The Balaban J connectivity index is 1.93. The highest BCUT2D eigenvalue weighted by Crippen LogP contribution is 2.15. The number of hydrogen-bond donors (Lipinski definition) is 1. The maximum atomic E-state index is 12.6. The molecule has 1 atom stereocenters. The number of hydrogen-bond acceptors (Lipinski definition) is 4.